The van der Waals surface area contributed by atoms with Crippen molar-refractivity contribution in [3.05, 3.63) is 48.0 Å². The highest BCUT2D eigenvalue weighted by Crippen LogP contribution is 2.14. The van der Waals surface area contributed by atoms with Gasteiger partial charge in [0, 0.05) is 12.5 Å². The molecule has 124 valence electrons. The molecule has 0 unspecified atom stereocenters. The summed E-state index contributed by atoms with van der Waals surface area (Å²) in [5.74, 6) is 1.17. The first kappa shape index (κ1) is 18.6. The van der Waals surface area contributed by atoms with Gasteiger partial charge >= 0.3 is 6.09 Å². The Morgan fingerprint density at radius 3 is 2.61 bits per heavy atom. The predicted octanol–water partition coefficient (Wildman–Crippen LogP) is -0.690. The molecule has 6 nitrogen and oxygen atoms in total. The van der Waals surface area contributed by atoms with Crippen LogP contribution in [0.15, 0.2) is 42.5 Å². The van der Waals surface area contributed by atoms with E-state index in [0.29, 0.717) is 18.1 Å². The van der Waals surface area contributed by atoms with Gasteiger partial charge in [0.1, 0.15) is 5.69 Å². The predicted molar refractivity (Wildman–Crippen MR) is 86.7 cm³/mol. The van der Waals surface area contributed by atoms with Crippen molar-refractivity contribution >= 4 is 23.4 Å². The summed E-state index contributed by atoms with van der Waals surface area (Å²) in [4.78, 5) is 14.4. The second-order valence-electron chi connectivity index (χ2n) is 4.71. The lowest BCUT2D eigenvalue weighted by molar-refractivity contribution is -0.342. The minimum Gasteiger partial charge on any atom is -1.00 e. The number of anilines is 3. The molecular weight excluding hydrogens is 316 g/mol. The maximum atomic E-state index is 11.4. The molecule has 0 atom stereocenters. The number of nitrogens with two attached hydrogens (primary N) is 1. The van der Waals surface area contributed by atoms with Crippen molar-refractivity contribution in [2.75, 3.05) is 29.5 Å². The van der Waals surface area contributed by atoms with Gasteiger partial charge < -0.3 is 28.2 Å². The molecule has 5 N–H and O–H groups in total. The molecule has 1 aromatic heterocycles. The summed E-state index contributed by atoms with van der Waals surface area (Å²) in [6.45, 7) is 2.84. The van der Waals surface area contributed by atoms with Gasteiger partial charge in [-0.15, -0.1) is 0 Å². The SMILES string of the molecule is CCOC(=O)Nc1ccc(NCCc2ccccc2)[nH+]c1N.[Cl-]. The Bertz CT molecular complexity index is 623. The first-order valence-corrected chi connectivity index (χ1v) is 7.22. The van der Waals surface area contributed by atoms with Gasteiger partial charge in [0.2, 0.25) is 11.6 Å². The number of amides is 1. The average Bonchev–Trinajstić information content (AvgIpc) is 2.51. The number of benzene rings is 1. The molecular formula is C16H21ClN4O2. The lowest BCUT2D eigenvalue weighted by atomic mass is 10.1. The molecule has 2 rings (SSSR count). The third-order valence-corrected chi connectivity index (χ3v) is 3.06. The first-order valence-electron chi connectivity index (χ1n) is 7.22. The van der Waals surface area contributed by atoms with E-state index in [-0.39, 0.29) is 12.4 Å². The number of carbonyl (C=O) groups excluding carboxylic acids is 1. The molecule has 2 aromatic rings. The molecule has 1 heterocycles. The normalized spacial score (nSPS) is 9.61. The zero-order valence-corrected chi connectivity index (χ0v) is 13.7. The number of aromatic nitrogens is 1. The zero-order chi connectivity index (χ0) is 15.8. The molecule has 1 aromatic carbocycles. The molecule has 0 saturated carbocycles. The lowest BCUT2D eigenvalue weighted by Crippen LogP contribution is -3.00. The Hall–Kier alpha value is -2.47. The number of pyridine rings is 1. The van der Waals surface area contributed by atoms with E-state index < -0.39 is 6.09 Å². The molecule has 0 saturated heterocycles. The second kappa shape index (κ2) is 9.53. The van der Waals surface area contributed by atoms with Crippen molar-refractivity contribution in [1.29, 1.82) is 0 Å². The van der Waals surface area contributed by atoms with E-state index in [0.717, 1.165) is 18.8 Å². The highest BCUT2D eigenvalue weighted by atomic mass is 35.5. The van der Waals surface area contributed by atoms with E-state index in [9.17, 15) is 4.79 Å². The van der Waals surface area contributed by atoms with Crippen LogP contribution < -0.4 is 33.8 Å². The van der Waals surface area contributed by atoms with Gasteiger partial charge in [-0.05, 0) is 18.6 Å². The van der Waals surface area contributed by atoms with Gasteiger partial charge in [-0.2, -0.15) is 0 Å². The summed E-state index contributed by atoms with van der Waals surface area (Å²) in [7, 11) is 0. The van der Waals surface area contributed by atoms with Crippen LogP contribution in [-0.4, -0.2) is 19.2 Å². The number of hydrogen-bond acceptors (Lipinski definition) is 4. The summed E-state index contributed by atoms with van der Waals surface area (Å²) in [6, 6.07) is 13.8. The monoisotopic (exact) mass is 336 g/mol. The third-order valence-electron chi connectivity index (χ3n) is 3.06. The van der Waals surface area contributed by atoms with Crippen molar-refractivity contribution < 1.29 is 26.9 Å². The van der Waals surface area contributed by atoms with E-state index in [1.54, 1.807) is 13.0 Å². The average molecular weight is 337 g/mol. The Morgan fingerprint density at radius 1 is 1.22 bits per heavy atom. The molecule has 0 radical (unpaired) electrons. The number of halogens is 1. The van der Waals surface area contributed by atoms with Crippen LogP contribution in [0.3, 0.4) is 0 Å². The van der Waals surface area contributed by atoms with Crippen LogP contribution in [-0.2, 0) is 11.2 Å². The van der Waals surface area contributed by atoms with Crippen molar-refractivity contribution in [2.45, 2.75) is 13.3 Å². The van der Waals surface area contributed by atoms with Crippen LogP contribution >= 0.6 is 0 Å². The van der Waals surface area contributed by atoms with E-state index in [1.165, 1.54) is 5.56 Å². The lowest BCUT2D eigenvalue weighted by Gasteiger charge is -2.07. The highest BCUT2D eigenvalue weighted by Gasteiger charge is 2.10. The number of hydrogen-bond donors (Lipinski definition) is 3. The van der Waals surface area contributed by atoms with Crippen molar-refractivity contribution in [1.82, 2.24) is 0 Å². The Morgan fingerprint density at radius 2 is 1.96 bits per heavy atom. The molecule has 23 heavy (non-hydrogen) atoms. The minimum absolute atomic E-state index is 0. The van der Waals surface area contributed by atoms with Crippen molar-refractivity contribution in [3.8, 4) is 0 Å². The molecule has 0 aliphatic rings. The Labute approximate surface area is 141 Å². The van der Waals surface area contributed by atoms with Gasteiger partial charge in [0.25, 0.3) is 0 Å². The van der Waals surface area contributed by atoms with Crippen LogP contribution in [0.1, 0.15) is 12.5 Å². The molecule has 7 heteroatoms. The van der Waals surface area contributed by atoms with Gasteiger partial charge in [0.15, 0.2) is 0 Å². The number of ether oxygens (including phenoxy) is 1. The van der Waals surface area contributed by atoms with Crippen molar-refractivity contribution in [3.63, 3.8) is 0 Å². The standard InChI is InChI=1S/C16H20N4O2.ClH/c1-2-22-16(21)19-13-8-9-14(20-15(13)17)18-11-10-12-6-4-3-5-7-12;/h3-9H,2,10-11H2,1H3,(H,19,21)(H3,17,18,20);1H. The number of nitrogens with one attached hydrogen (secondary N) is 3. The fourth-order valence-electron chi connectivity index (χ4n) is 1.99. The summed E-state index contributed by atoms with van der Waals surface area (Å²) >= 11 is 0. The first-order chi connectivity index (χ1) is 10.7. The van der Waals surface area contributed by atoms with Crippen LogP contribution in [0.2, 0.25) is 0 Å². The minimum atomic E-state index is -0.521. The Balaban J connectivity index is 0.00000264. The van der Waals surface area contributed by atoms with E-state index >= 15 is 0 Å². The fourth-order valence-corrected chi connectivity index (χ4v) is 1.99. The summed E-state index contributed by atoms with van der Waals surface area (Å²) in [6.07, 6.45) is 0.393. The molecule has 0 aliphatic carbocycles. The number of nitrogen functional groups attached to an aromatic ring is 1. The summed E-state index contributed by atoms with van der Waals surface area (Å²) in [5.41, 5.74) is 7.64. The van der Waals surface area contributed by atoms with Crippen LogP contribution in [0.4, 0.5) is 22.1 Å². The Kier molecular flexibility index (Phi) is 7.70. The number of aromatic amines is 1. The van der Waals surface area contributed by atoms with Crippen LogP contribution in [0.25, 0.3) is 0 Å². The van der Waals surface area contributed by atoms with Crippen LogP contribution in [0.5, 0.6) is 0 Å². The fraction of sp³-hybridized carbons (Fsp3) is 0.250. The van der Waals surface area contributed by atoms with E-state index in [2.05, 4.69) is 27.8 Å². The quantitative estimate of drug-likeness (QED) is 0.651. The van der Waals surface area contributed by atoms with Crippen molar-refractivity contribution in [2.24, 2.45) is 0 Å². The number of H-pyrrole nitrogens is 1. The zero-order valence-electron chi connectivity index (χ0n) is 12.9. The third kappa shape index (κ3) is 6.04. The number of rotatable bonds is 6. The summed E-state index contributed by atoms with van der Waals surface area (Å²) in [5, 5.41) is 5.84. The molecule has 0 bridgehead atoms. The highest BCUT2D eigenvalue weighted by molar-refractivity contribution is 5.87. The smallest absolute Gasteiger partial charge is 0.411 e. The largest absolute Gasteiger partial charge is 1.00 e. The number of carbonyl (C=O) groups is 1. The van der Waals surface area contributed by atoms with Gasteiger partial charge in [-0.1, -0.05) is 30.3 Å². The molecule has 0 fully saturated rings. The van der Waals surface area contributed by atoms with Crippen LogP contribution in [0, 0.1) is 0 Å². The topological polar surface area (TPSA) is 90.5 Å². The van der Waals surface area contributed by atoms with E-state index in [1.807, 2.05) is 24.3 Å². The van der Waals surface area contributed by atoms with Gasteiger partial charge in [-0.25, -0.2) is 9.78 Å². The van der Waals surface area contributed by atoms with E-state index in [4.69, 9.17) is 10.5 Å². The summed E-state index contributed by atoms with van der Waals surface area (Å²) < 4.78 is 4.81. The molecule has 1 amide bonds. The molecule has 0 aliphatic heterocycles. The maximum Gasteiger partial charge on any atom is 0.411 e. The second-order valence-corrected chi connectivity index (χ2v) is 4.71. The maximum absolute atomic E-state index is 11.4. The van der Waals surface area contributed by atoms with Gasteiger partial charge in [-0.3, -0.25) is 5.32 Å². The van der Waals surface area contributed by atoms with Gasteiger partial charge in [0.05, 0.1) is 13.2 Å². The molecule has 0 spiro atoms.